The van der Waals surface area contributed by atoms with E-state index in [9.17, 15) is 9.59 Å². The van der Waals surface area contributed by atoms with Crippen molar-refractivity contribution in [1.82, 2.24) is 25.3 Å². The lowest BCUT2D eigenvalue weighted by Gasteiger charge is -2.16. The fourth-order valence-corrected chi connectivity index (χ4v) is 2.01. The quantitative estimate of drug-likeness (QED) is 0.693. The molecule has 0 aliphatic rings. The van der Waals surface area contributed by atoms with Crippen LogP contribution >= 0.6 is 0 Å². The molecule has 8 nitrogen and oxygen atoms in total. The van der Waals surface area contributed by atoms with Crippen molar-refractivity contribution in [2.24, 2.45) is 0 Å². The van der Waals surface area contributed by atoms with Crippen LogP contribution in [0.1, 0.15) is 11.8 Å². The Labute approximate surface area is 134 Å². The molecule has 8 heteroatoms. The van der Waals surface area contributed by atoms with Gasteiger partial charge in [0, 0.05) is 32.0 Å². The molecule has 2 aromatic rings. The summed E-state index contributed by atoms with van der Waals surface area (Å²) in [5, 5.41) is 9.34. The minimum Gasteiger partial charge on any atom is -0.467 e. The van der Waals surface area contributed by atoms with Crippen molar-refractivity contribution in [1.29, 1.82) is 0 Å². The Morgan fingerprint density at radius 1 is 1.30 bits per heavy atom. The average Bonchev–Trinajstić information content (AvgIpc) is 3.20. The lowest BCUT2D eigenvalue weighted by atomic mass is 10.2. The van der Waals surface area contributed by atoms with Crippen molar-refractivity contribution in [3.05, 3.63) is 42.6 Å². The Hall–Kier alpha value is -2.61. The molecule has 124 valence electrons. The van der Waals surface area contributed by atoms with E-state index < -0.39 is 11.8 Å². The number of aromatic nitrogens is 2. The molecule has 0 saturated carbocycles. The third-order valence-electron chi connectivity index (χ3n) is 3.22. The van der Waals surface area contributed by atoms with Gasteiger partial charge in [0.05, 0.1) is 6.26 Å². The van der Waals surface area contributed by atoms with Crippen LogP contribution in [0.3, 0.4) is 0 Å². The minimum atomic E-state index is -0.674. The first-order valence-corrected chi connectivity index (χ1v) is 7.31. The molecule has 2 amide bonds. The highest BCUT2D eigenvalue weighted by molar-refractivity contribution is 6.35. The number of nitrogens with zero attached hydrogens (tertiary/aromatic N) is 3. The van der Waals surface area contributed by atoms with Crippen molar-refractivity contribution in [3.8, 4) is 0 Å². The van der Waals surface area contributed by atoms with Crippen molar-refractivity contribution in [3.63, 3.8) is 0 Å². The van der Waals surface area contributed by atoms with Gasteiger partial charge in [-0.25, -0.2) is 0 Å². The maximum Gasteiger partial charge on any atom is 0.309 e. The van der Waals surface area contributed by atoms with E-state index in [0.717, 1.165) is 0 Å². The third kappa shape index (κ3) is 4.96. The molecule has 2 rings (SSSR count). The molecular formula is C15H21N5O3. The number of rotatable bonds is 7. The van der Waals surface area contributed by atoms with Crippen LogP contribution in [-0.2, 0) is 9.59 Å². The van der Waals surface area contributed by atoms with E-state index in [0.29, 0.717) is 18.8 Å². The first-order valence-electron chi connectivity index (χ1n) is 7.31. The standard InChI is InChI=1S/C15H21N5O3/c1-19(2)9-7-16-14(21)15(22)17-11-12(13-5-3-10-23-13)20-8-4-6-18-20/h3-6,8,10,12H,7,9,11H2,1-2H3,(H,16,21)(H,17,22). The van der Waals surface area contributed by atoms with Gasteiger partial charge in [-0.15, -0.1) is 0 Å². The molecule has 2 N–H and O–H groups in total. The Balaban J connectivity index is 1.89. The molecule has 0 fully saturated rings. The van der Waals surface area contributed by atoms with Gasteiger partial charge < -0.3 is 20.0 Å². The lowest BCUT2D eigenvalue weighted by Crippen LogP contribution is -2.43. The molecule has 1 atom stereocenters. The average molecular weight is 319 g/mol. The normalized spacial score (nSPS) is 12.1. The Kier molecular flexibility index (Phi) is 5.93. The maximum absolute atomic E-state index is 11.9. The molecule has 0 aliphatic carbocycles. The van der Waals surface area contributed by atoms with E-state index >= 15 is 0 Å². The summed E-state index contributed by atoms with van der Waals surface area (Å²) in [5.74, 6) is -0.667. The summed E-state index contributed by atoms with van der Waals surface area (Å²) in [6, 6.07) is 5.04. The van der Waals surface area contributed by atoms with E-state index in [1.807, 2.05) is 19.0 Å². The predicted octanol–water partition coefficient (Wildman–Crippen LogP) is -0.140. The number of hydrogen-bond acceptors (Lipinski definition) is 5. The highest BCUT2D eigenvalue weighted by Crippen LogP contribution is 2.16. The number of carbonyl (C=O) groups is 2. The van der Waals surface area contributed by atoms with Gasteiger partial charge in [-0.05, 0) is 32.3 Å². The summed E-state index contributed by atoms with van der Waals surface area (Å²) in [6.07, 6.45) is 4.98. The molecule has 0 bridgehead atoms. The number of carbonyl (C=O) groups excluding carboxylic acids is 2. The van der Waals surface area contributed by atoms with Crippen LogP contribution in [0.5, 0.6) is 0 Å². The van der Waals surface area contributed by atoms with Gasteiger partial charge in [0.25, 0.3) is 0 Å². The Morgan fingerprint density at radius 2 is 2.09 bits per heavy atom. The summed E-state index contributed by atoms with van der Waals surface area (Å²) in [5.41, 5.74) is 0. The fraction of sp³-hybridized carbons (Fsp3) is 0.400. The molecule has 0 spiro atoms. The van der Waals surface area contributed by atoms with Gasteiger partial charge >= 0.3 is 11.8 Å². The fourth-order valence-electron chi connectivity index (χ4n) is 2.01. The van der Waals surface area contributed by atoms with Crippen molar-refractivity contribution < 1.29 is 14.0 Å². The second kappa shape index (κ2) is 8.14. The first-order chi connectivity index (χ1) is 11.1. The second-order valence-electron chi connectivity index (χ2n) is 5.29. The van der Waals surface area contributed by atoms with E-state index in [2.05, 4.69) is 15.7 Å². The van der Waals surface area contributed by atoms with Gasteiger partial charge in [0.1, 0.15) is 11.8 Å². The van der Waals surface area contributed by atoms with E-state index in [1.165, 1.54) is 0 Å². The minimum absolute atomic E-state index is 0.203. The molecule has 23 heavy (non-hydrogen) atoms. The number of nitrogens with one attached hydrogen (secondary N) is 2. The zero-order valence-electron chi connectivity index (χ0n) is 13.2. The molecule has 2 aromatic heterocycles. The highest BCUT2D eigenvalue weighted by atomic mass is 16.3. The summed E-state index contributed by atoms with van der Waals surface area (Å²) < 4.78 is 7.05. The van der Waals surface area contributed by atoms with E-state index in [1.54, 1.807) is 41.5 Å². The van der Waals surface area contributed by atoms with Crippen LogP contribution < -0.4 is 10.6 Å². The number of likely N-dealkylation sites (N-methyl/N-ethyl adjacent to an activating group) is 1. The largest absolute Gasteiger partial charge is 0.467 e. The third-order valence-corrected chi connectivity index (χ3v) is 3.22. The zero-order valence-corrected chi connectivity index (χ0v) is 13.2. The van der Waals surface area contributed by atoms with Gasteiger partial charge in [0.2, 0.25) is 0 Å². The van der Waals surface area contributed by atoms with Crippen LogP contribution in [0.4, 0.5) is 0 Å². The van der Waals surface area contributed by atoms with Crippen LogP contribution in [0.25, 0.3) is 0 Å². The SMILES string of the molecule is CN(C)CCNC(=O)C(=O)NCC(c1ccco1)n1cccn1. The molecule has 2 heterocycles. The van der Waals surface area contributed by atoms with Gasteiger partial charge in [-0.1, -0.05) is 0 Å². The van der Waals surface area contributed by atoms with E-state index in [4.69, 9.17) is 4.42 Å². The smallest absolute Gasteiger partial charge is 0.309 e. The number of furan rings is 1. The molecule has 1 unspecified atom stereocenters. The van der Waals surface area contributed by atoms with Crippen molar-refractivity contribution in [2.45, 2.75) is 6.04 Å². The topological polar surface area (TPSA) is 92.4 Å². The molecular weight excluding hydrogens is 298 g/mol. The van der Waals surface area contributed by atoms with Crippen molar-refractivity contribution in [2.75, 3.05) is 33.7 Å². The second-order valence-corrected chi connectivity index (χ2v) is 5.29. The van der Waals surface area contributed by atoms with Crippen LogP contribution in [0.15, 0.2) is 41.3 Å². The van der Waals surface area contributed by atoms with Crippen LogP contribution in [0.2, 0.25) is 0 Å². The Morgan fingerprint density at radius 3 is 2.70 bits per heavy atom. The first kappa shape index (κ1) is 16.8. The maximum atomic E-state index is 11.9. The molecule has 0 radical (unpaired) electrons. The summed E-state index contributed by atoms with van der Waals surface area (Å²) in [4.78, 5) is 25.5. The zero-order chi connectivity index (χ0) is 16.7. The van der Waals surface area contributed by atoms with Gasteiger partial charge in [0.15, 0.2) is 0 Å². The molecule has 0 aromatic carbocycles. The Bertz CT molecular complexity index is 573. The number of amides is 2. The molecule has 0 saturated heterocycles. The summed E-state index contributed by atoms with van der Waals surface area (Å²) >= 11 is 0. The van der Waals surface area contributed by atoms with Crippen LogP contribution in [0, 0.1) is 0 Å². The summed E-state index contributed by atoms with van der Waals surface area (Å²) in [7, 11) is 3.79. The highest BCUT2D eigenvalue weighted by Gasteiger charge is 2.20. The molecule has 0 aliphatic heterocycles. The van der Waals surface area contributed by atoms with Gasteiger partial charge in [-0.3, -0.25) is 14.3 Å². The van der Waals surface area contributed by atoms with E-state index in [-0.39, 0.29) is 12.6 Å². The van der Waals surface area contributed by atoms with Crippen molar-refractivity contribution >= 4 is 11.8 Å². The monoisotopic (exact) mass is 319 g/mol. The predicted molar refractivity (Wildman–Crippen MR) is 83.6 cm³/mol. The number of hydrogen-bond donors (Lipinski definition) is 2. The van der Waals surface area contributed by atoms with Crippen LogP contribution in [-0.4, -0.2) is 60.2 Å². The summed E-state index contributed by atoms with van der Waals surface area (Å²) in [6.45, 7) is 1.29. The lowest BCUT2D eigenvalue weighted by molar-refractivity contribution is -0.139. The van der Waals surface area contributed by atoms with Gasteiger partial charge in [-0.2, -0.15) is 5.10 Å².